The maximum absolute atomic E-state index is 10.2. The SMILES string of the molecule is CCCOc1nc(N)nc(NCC(C)(O)CC(C)C)n1. The Balaban J connectivity index is 2.65. The normalized spacial score (nSPS) is 14.1. The standard InChI is InChI=1S/C13H25N5O2/c1-5-6-20-12-17-10(14)16-11(18-12)15-8-13(4,19)7-9(2)3/h9,19H,5-8H2,1-4H3,(H3,14,15,16,17,18). The van der Waals surface area contributed by atoms with Gasteiger partial charge in [-0.05, 0) is 25.7 Å². The first-order valence-corrected chi connectivity index (χ1v) is 6.93. The van der Waals surface area contributed by atoms with Gasteiger partial charge in [-0.25, -0.2) is 0 Å². The Hall–Kier alpha value is -1.63. The van der Waals surface area contributed by atoms with Gasteiger partial charge in [-0.15, -0.1) is 0 Å². The molecule has 0 bridgehead atoms. The Bertz CT molecular complexity index is 423. The van der Waals surface area contributed by atoms with Gasteiger partial charge < -0.3 is 20.9 Å². The molecule has 0 fully saturated rings. The molecule has 0 aliphatic heterocycles. The Labute approximate surface area is 120 Å². The minimum atomic E-state index is -0.833. The van der Waals surface area contributed by atoms with Crippen molar-refractivity contribution in [2.24, 2.45) is 5.92 Å². The Morgan fingerprint density at radius 2 is 2.05 bits per heavy atom. The van der Waals surface area contributed by atoms with Gasteiger partial charge in [0.05, 0.1) is 12.2 Å². The van der Waals surface area contributed by atoms with Crippen molar-refractivity contribution < 1.29 is 9.84 Å². The van der Waals surface area contributed by atoms with Crippen LogP contribution in [0.5, 0.6) is 6.01 Å². The van der Waals surface area contributed by atoms with Crippen LogP contribution in [0.4, 0.5) is 11.9 Å². The predicted octanol–water partition coefficient (Wildman–Crippen LogP) is 1.45. The summed E-state index contributed by atoms with van der Waals surface area (Å²) in [6.45, 7) is 8.75. The number of aliphatic hydroxyl groups is 1. The molecule has 20 heavy (non-hydrogen) atoms. The molecule has 0 saturated carbocycles. The van der Waals surface area contributed by atoms with Crippen LogP contribution < -0.4 is 15.8 Å². The maximum Gasteiger partial charge on any atom is 0.323 e. The number of aromatic nitrogens is 3. The van der Waals surface area contributed by atoms with E-state index in [2.05, 4.69) is 34.1 Å². The number of anilines is 2. The minimum absolute atomic E-state index is 0.0945. The van der Waals surface area contributed by atoms with Crippen molar-refractivity contribution >= 4 is 11.9 Å². The van der Waals surface area contributed by atoms with E-state index in [0.717, 1.165) is 6.42 Å². The number of nitrogen functional groups attached to an aromatic ring is 1. The number of ether oxygens (including phenoxy) is 1. The summed E-state index contributed by atoms with van der Waals surface area (Å²) >= 11 is 0. The largest absolute Gasteiger partial charge is 0.463 e. The third-order valence-corrected chi connectivity index (χ3v) is 2.54. The molecule has 1 aromatic rings. The molecule has 0 radical (unpaired) electrons. The zero-order chi connectivity index (χ0) is 15.2. The predicted molar refractivity (Wildman–Crippen MR) is 78.6 cm³/mol. The van der Waals surface area contributed by atoms with Gasteiger partial charge in [-0.2, -0.15) is 15.0 Å². The molecule has 1 heterocycles. The Morgan fingerprint density at radius 1 is 1.35 bits per heavy atom. The molecular weight excluding hydrogens is 258 g/mol. The molecule has 0 aliphatic carbocycles. The van der Waals surface area contributed by atoms with Gasteiger partial charge in [0.25, 0.3) is 0 Å². The van der Waals surface area contributed by atoms with Gasteiger partial charge in [0.1, 0.15) is 0 Å². The monoisotopic (exact) mass is 283 g/mol. The molecule has 0 aliphatic rings. The molecule has 4 N–H and O–H groups in total. The molecule has 1 aromatic heterocycles. The molecule has 1 atom stereocenters. The lowest BCUT2D eigenvalue weighted by Crippen LogP contribution is -2.35. The Morgan fingerprint density at radius 3 is 2.65 bits per heavy atom. The topological polar surface area (TPSA) is 106 Å². The van der Waals surface area contributed by atoms with Crippen LogP contribution in [-0.2, 0) is 0 Å². The van der Waals surface area contributed by atoms with Gasteiger partial charge in [0, 0.05) is 6.54 Å². The summed E-state index contributed by atoms with van der Waals surface area (Å²) in [5.41, 5.74) is 4.77. The number of nitrogens with one attached hydrogen (secondary N) is 1. The fourth-order valence-electron chi connectivity index (χ4n) is 1.93. The molecule has 0 spiro atoms. The van der Waals surface area contributed by atoms with E-state index in [1.807, 2.05) is 6.92 Å². The van der Waals surface area contributed by atoms with Crippen LogP contribution in [0.1, 0.15) is 40.5 Å². The highest BCUT2D eigenvalue weighted by Gasteiger charge is 2.22. The average molecular weight is 283 g/mol. The van der Waals surface area contributed by atoms with Crippen LogP contribution in [0.3, 0.4) is 0 Å². The van der Waals surface area contributed by atoms with E-state index in [4.69, 9.17) is 10.5 Å². The number of hydrogen-bond acceptors (Lipinski definition) is 7. The Kier molecular flexibility index (Phi) is 5.94. The third-order valence-electron chi connectivity index (χ3n) is 2.54. The van der Waals surface area contributed by atoms with Crippen molar-refractivity contribution in [2.75, 3.05) is 24.2 Å². The molecule has 0 aromatic carbocycles. The first kappa shape index (κ1) is 16.4. The van der Waals surface area contributed by atoms with Gasteiger partial charge in [0.15, 0.2) is 0 Å². The van der Waals surface area contributed by atoms with Gasteiger partial charge >= 0.3 is 6.01 Å². The highest BCUT2D eigenvalue weighted by atomic mass is 16.5. The average Bonchev–Trinajstić information content (AvgIpc) is 2.32. The van der Waals surface area contributed by atoms with E-state index in [1.54, 1.807) is 6.92 Å². The smallest absolute Gasteiger partial charge is 0.323 e. The summed E-state index contributed by atoms with van der Waals surface area (Å²) in [6.07, 6.45) is 1.54. The zero-order valence-electron chi connectivity index (χ0n) is 12.7. The fourth-order valence-corrected chi connectivity index (χ4v) is 1.93. The third kappa shape index (κ3) is 6.01. The molecular formula is C13H25N5O2. The van der Waals surface area contributed by atoms with E-state index in [9.17, 15) is 5.11 Å². The highest BCUT2D eigenvalue weighted by Crippen LogP contribution is 2.17. The van der Waals surface area contributed by atoms with Crippen LogP contribution >= 0.6 is 0 Å². The maximum atomic E-state index is 10.2. The summed E-state index contributed by atoms with van der Waals surface area (Å²) in [6, 6.07) is 0.199. The van der Waals surface area contributed by atoms with Crippen molar-refractivity contribution in [3.63, 3.8) is 0 Å². The molecule has 7 heteroatoms. The second kappa shape index (κ2) is 7.23. The van der Waals surface area contributed by atoms with Gasteiger partial charge in [-0.1, -0.05) is 20.8 Å². The molecule has 0 amide bonds. The molecule has 7 nitrogen and oxygen atoms in total. The van der Waals surface area contributed by atoms with Crippen LogP contribution in [0.25, 0.3) is 0 Å². The summed E-state index contributed by atoms with van der Waals surface area (Å²) < 4.78 is 5.33. The molecule has 1 unspecified atom stereocenters. The van der Waals surface area contributed by atoms with E-state index in [1.165, 1.54) is 0 Å². The minimum Gasteiger partial charge on any atom is -0.463 e. The van der Waals surface area contributed by atoms with Crippen LogP contribution in [-0.4, -0.2) is 38.8 Å². The van der Waals surface area contributed by atoms with Crippen LogP contribution in [0.2, 0.25) is 0 Å². The van der Waals surface area contributed by atoms with Crippen molar-refractivity contribution in [3.8, 4) is 6.01 Å². The summed E-state index contributed by atoms with van der Waals surface area (Å²) in [4.78, 5) is 12.0. The van der Waals surface area contributed by atoms with E-state index in [0.29, 0.717) is 31.4 Å². The number of hydrogen-bond donors (Lipinski definition) is 3. The second-order valence-electron chi connectivity index (χ2n) is 5.60. The molecule has 114 valence electrons. The summed E-state index contributed by atoms with van der Waals surface area (Å²) in [5, 5.41) is 13.2. The lowest BCUT2D eigenvalue weighted by Gasteiger charge is -2.25. The van der Waals surface area contributed by atoms with Crippen molar-refractivity contribution in [1.29, 1.82) is 0 Å². The quantitative estimate of drug-likeness (QED) is 0.663. The first-order valence-electron chi connectivity index (χ1n) is 6.93. The number of nitrogens with two attached hydrogens (primary N) is 1. The zero-order valence-corrected chi connectivity index (χ0v) is 12.7. The van der Waals surface area contributed by atoms with E-state index >= 15 is 0 Å². The molecule has 1 rings (SSSR count). The lowest BCUT2D eigenvalue weighted by atomic mass is 9.94. The first-order chi connectivity index (χ1) is 9.32. The second-order valence-corrected chi connectivity index (χ2v) is 5.60. The summed E-state index contributed by atoms with van der Waals surface area (Å²) in [5.74, 6) is 0.809. The van der Waals surface area contributed by atoms with E-state index < -0.39 is 5.60 Å². The highest BCUT2D eigenvalue weighted by molar-refractivity contribution is 5.32. The molecule has 0 saturated heterocycles. The fraction of sp³-hybridized carbons (Fsp3) is 0.769. The number of nitrogens with zero attached hydrogens (tertiary/aromatic N) is 3. The van der Waals surface area contributed by atoms with Gasteiger partial charge in [-0.3, -0.25) is 0 Å². The summed E-state index contributed by atoms with van der Waals surface area (Å²) in [7, 11) is 0. The van der Waals surface area contributed by atoms with Crippen LogP contribution in [0.15, 0.2) is 0 Å². The van der Waals surface area contributed by atoms with Gasteiger partial charge in [0.2, 0.25) is 11.9 Å². The van der Waals surface area contributed by atoms with E-state index in [-0.39, 0.29) is 12.0 Å². The van der Waals surface area contributed by atoms with Crippen molar-refractivity contribution in [2.45, 2.75) is 46.1 Å². The van der Waals surface area contributed by atoms with Crippen molar-refractivity contribution in [1.82, 2.24) is 15.0 Å². The number of rotatable bonds is 8. The van der Waals surface area contributed by atoms with Crippen LogP contribution in [0, 0.1) is 5.92 Å². The van der Waals surface area contributed by atoms with Crippen molar-refractivity contribution in [3.05, 3.63) is 0 Å². The lowest BCUT2D eigenvalue weighted by molar-refractivity contribution is 0.0513.